The zero-order chi connectivity index (χ0) is 55.0. The summed E-state index contributed by atoms with van der Waals surface area (Å²) in [5.41, 5.74) is 0. The molecule has 2 atom stereocenters. The molecule has 21 nitrogen and oxygen atoms in total. The fourth-order valence-electron chi connectivity index (χ4n) is 8.62. The van der Waals surface area contributed by atoms with Crippen LogP contribution in [-0.2, 0) is 57.3 Å². The number of carboxylic acids is 3. The van der Waals surface area contributed by atoms with Crippen LogP contribution >= 0.6 is 12.8 Å². The Labute approximate surface area is 451 Å². The summed E-state index contributed by atoms with van der Waals surface area (Å²) in [6, 6.07) is -1.93. The van der Waals surface area contributed by atoms with Crippen molar-refractivity contribution in [2.45, 2.75) is 198 Å². The van der Waals surface area contributed by atoms with Crippen LogP contribution < -0.4 is 31.3 Å². The van der Waals surface area contributed by atoms with E-state index in [1.807, 2.05) is 0 Å². The second-order valence-electron chi connectivity index (χ2n) is 19.6. The van der Waals surface area contributed by atoms with E-state index in [1.54, 1.807) is 0 Å². The Morgan fingerprint density at radius 1 is 0.427 bits per heavy atom. The van der Waals surface area contributed by atoms with Gasteiger partial charge in [0.2, 0.25) is 29.5 Å². The van der Waals surface area contributed by atoms with Gasteiger partial charge in [-0.2, -0.15) is 0 Å². The van der Waals surface area contributed by atoms with Gasteiger partial charge in [-0.15, -0.1) is 0 Å². The van der Waals surface area contributed by atoms with Crippen molar-refractivity contribution in [1.82, 2.24) is 31.3 Å². The van der Waals surface area contributed by atoms with Crippen molar-refractivity contribution in [3.05, 3.63) is 0 Å². The number of carboxylic acid groups (broad SMARTS) is 3. The van der Waals surface area contributed by atoms with Crippen molar-refractivity contribution in [1.29, 1.82) is 0 Å². The molecule has 0 bridgehead atoms. The van der Waals surface area contributed by atoms with Crippen LogP contribution in [0.2, 0.25) is 0 Å². The molecule has 0 spiro atoms. The maximum Gasteiger partial charge on any atom is 0.326 e. The van der Waals surface area contributed by atoms with Crippen LogP contribution in [0.15, 0.2) is 0 Å². The summed E-state index contributed by atoms with van der Waals surface area (Å²) in [6.07, 6.45) is 26.6. The Hall–Kier alpha value is -4.09. The highest BCUT2D eigenvalue weighted by atomic mass is 32.1. The fraction of sp³-hybridized carbons (Fsp3) is 0.849. The van der Waals surface area contributed by atoms with Crippen molar-refractivity contribution >= 4 is 60.3 Å². The first-order chi connectivity index (χ1) is 36.3. The van der Waals surface area contributed by atoms with Crippen molar-refractivity contribution < 1.29 is 72.6 Å². The average molecular weight is 1090 g/mol. The van der Waals surface area contributed by atoms with E-state index in [-0.39, 0.29) is 120 Å². The van der Waals surface area contributed by atoms with Crippen molar-refractivity contribution in [2.24, 2.45) is 11.8 Å². The van der Waals surface area contributed by atoms with Crippen LogP contribution in [0.25, 0.3) is 0 Å². The van der Waals surface area contributed by atoms with Gasteiger partial charge in [0.1, 0.15) is 25.3 Å². The molecule has 434 valence electrons. The third kappa shape index (κ3) is 42.7. The summed E-state index contributed by atoms with van der Waals surface area (Å²) in [6.45, 7) is 2.28. The monoisotopic (exact) mass is 1090 g/mol. The molecule has 0 aliphatic heterocycles. The van der Waals surface area contributed by atoms with E-state index in [0.717, 1.165) is 51.4 Å². The molecule has 5 amide bonds. The van der Waals surface area contributed by atoms with E-state index in [1.165, 1.54) is 77.0 Å². The quantitative estimate of drug-likeness (QED) is 0.0261. The number of ether oxygens (including phenoxy) is 4. The number of amides is 5. The predicted octanol–water partition coefficient (Wildman–Crippen LogP) is 5.62. The standard InChI is InChI=1S/C53H96N6O15S/c60-46(22-17-15-13-11-9-7-5-3-1-2-4-6-8-10-12-14-16-18-23-50(64)65)57-39-42-24-26-43(27-25-42)51(66)58-44(52(67)68)28-29-47(61)55-31-33-71-35-38-74-41-49(63)56-32-34-72-36-37-73-40-48(62)54-30-20-19-21-45(59-75)53(69)70/h42-45,59,75H,1-41H2,(H,54,62)(H,55,61)(H,56,63)(H,57,60)(H,58,66)(H,64,65)(H,67,68)(H,69,70)/t42?,43?,44-,45-/m0/s1. The summed E-state index contributed by atoms with van der Waals surface area (Å²) in [7, 11) is 0. The lowest BCUT2D eigenvalue weighted by atomic mass is 9.81. The second kappa shape index (κ2) is 48.3. The van der Waals surface area contributed by atoms with Crippen LogP contribution in [0.5, 0.6) is 0 Å². The van der Waals surface area contributed by atoms with Gasteiger partial charge < -0.3 is 60.9 Å². The van der Waals surface area contributed by atoms with Gasteiger partial charge in [-0.1, -0.05) is 116 Å². The van der Waals surface area contributed by atoms with E-state index in [0.29, 0.717) is 58.0 Å². The van der Waals surface area contributed by atoms with Crippen LogP contribution in [-0.4, -0.2) is 154 Å². The lowest BCUT2D eigenvalue weighted by Crippen LogP contribution is -2.45. The Balaban J connectivity index is 1.96. The third-order valence-corrected chi connectivity index (χ3v) is 13.5. The molecule has 22 heteroatoms. The highest BCUT2D eigenvalue weighted by molar-refractivity contribution is 7.78. The largest absolute Gasteiger partial charge is 0.481 e. The summed E-state index contributed by atoms with van der Waals surface area (Å²) in [5, 5.41) is 41.1. The molecule has 1 rings (SSSR count). The van der Waals surface area contributed by atoms with E-state index in [9.17, 15) is 43.5 Å². The smallest absolute Gasteiger partial charge is 0.326 e. The molecular formula is C53H96N6O15S. The van der Waals surface area contributed by atoms with Gasteiger partial charge in [0, 0.05) is 51.4 Å². The summed E-state index contributed by atoms with van der Waals surface area (Å²) < 4.78 is 23.8. The number of aliphatic carboxylic acids is 3. The average Bonchev–Trinajstić information content (AvgIpc) is 3.38. The summed E-state index contributed by atoms with van der Waals surface area (Å²) >= 11 is 3.78. The Bertz CT molecular complexity index is 1560. The molecule has 75 heavy (non-hydrogen) atoms. The van der Waals surface area contributed by atoms with Crippen molar-refractivity contribution in [2.75, 3.05) is 79.0 Å². The Kier molecular flexibility index (Phi) is 44.4. The van der Waals surface area contributed by atoms with E-state index >= 15 is 0 Å². The summed E-state index contributed by atoms with van der Waals surface area (Å²) in [4.78, 5) is 95.0. The normalized spacial score (nSPS) is 15.1. The molecule has 9 N–H and O–H groups in total. The first-order valence-corrected chi connectivity index (χ1v) is 28.5. The van der Waals surface area contributed by atoms with Crippen LogP contribution in [0, 0.1) is 11.8 Å². The van der Waals surface area contributed by atoms with Gasteiger partial charge in [-0.05, 0) is 70.1 Å². The van der Waals surface area contributed by atoms with E-state index in [2.05, 4.69) is 44.1 Å². The van der Waals surface area contributed by atoms with Gasteiger partial charge in [0.15, 0.2) is 0 Å². The molecule has 0 heterocycles. The van der Waals surface area contributed by atoms with Crippen molar-refractivity contribution in [3.8, 4) is 0 Å². The number of hydrogen-bond acceptors (Lipinski definition) is 14. The minimum absolute atomic E-state index is 0.0606. The molecule has 0 aromatic carbocycles. The van der Waals surface area contributed by atoms with Gasteiger partial charge in [0.25, 0.3) is 0 Å². The summed E-state index contributed by atoms with van der Waals surface area (Å²) in [5.74, 6) is -4.16. The Morgan fingerprint density at radius 2 is 0.853 bits per heavy atom. The zero-order valence-corrected chi connectivity index (χ0v) is 45.9. The zero-order valence-electron chi connectivity index (χ0n) is 45.0. The van der Waals surface area contributed by atoms with Gasteiger partial charge >= 0.3 is 17.9 Å². The second-order valence-corrected chi connectivity index (χ2v) is 19.9. The first-order valence-electron chi connectivity index (χ1n) is 28.1. The first kappa shape index (κ1) is 68.9. The molecule has 0 saturated heterocycles. The van der Waals surface area contributed by atoms with Gasteiger partial charge in [0.05, 0.1) is 39.6 Å². The lowest BCUT2D eigenvalue weighted by molar-refractivity contribution is -0.143. The molecule has 0 aromatic rings. The number of unbranched alkanes of at least 4 members (excludes halogenated alkanes) is 18. The lowest BCUT2D eigenvalue weighted by Gasteiger charge is -2.28. The van der Waals surface area contributed by atoms with Crippen molar-refractivity contribution in [3.63, 3.8) is 0 Å². The maximum absolute atomic E-state index is 13.0. The molecule has 0 unspecified atom stereocenters. The molecular weight excluding hydrogens is 993 g/mol. The van der Waals surface area contributed by atoms with E-state index in [4.69, 9.17) is 29.2 Å². The molecule has 1 aliphatic rings. The highest BCUT2D eigenvalue weighted by Crippen LogP contribution is 2.29. The van der Waals surface area contributed by atoms with Crippen LogP contribution in [0.1, 0.15) is 186 Å². The number of thiol groups is 1. The molecule has 1 fully saturated rings. The minimum Gasteiger partial charge on any atom is -0.481 e. The SMILES string of the molecule is O=C(O)CCCCCCCCCCCCCCCCCCCCC(=O)NCC1CCC(C(=O)N[C@@H](CCC(=O)NCCOCCOCC(=O)NCCOCCOCC(=O)NCCCC[C@H](NS)C(=O)O)C(=O)O)CC1. The molecule has 1 saturated carbocycles. The Morgan fingerprint density at radius 3 is 1.32 bits per heavy atom. The number of carbonyl (C=O) groups is 8. The number of nitrogens with one attached hydrogen (secondary N) is 6. The molecule has 1 aliphatic carbocycles. The maximum atomic E-state index is 13.0. The number of hydrogen-bond donors (Lipinski definition) is 10. The molecule has 0 radical (unpaired) electrons. The van der Waals surface area contributed by atoms with Crippen LogP contribution in [0.3, 0.4) is 0 Å². The fourth-order valence-corrected chi connectivity index (χ4v) is 8.86. The van der Waals surface area contributed by atoms with Crippen LogP contribution in [0.4, 0.5) is 0 Å². The van der Waals surface area contributed by atoms with Gasteiger partial charge in [-0.25, -0.2) is 4.79 Å². The van der Waals surface area contributed by atoms with E-state index < -0.39 is 30.0 Å². The topological polar surface area (TPSA) is 306 Å². The minimum atomic E-state index is -1.21. The predicted molar refractivity (Wildman–Crippen MR) is 287 cm³/mol. The van der Waals surface area contributed by atoms with Gasteiger partial charge in [-0.3, -0.25) is 38.3 Å². The number of rotatable bonds is 52. The third-order valence-electron chi connectivity index (χ3n) is 13.2. The number of carbonyl (C=O) groups excluding carboxylic acids is 5. The highest BCUT2D eigenvalue weighted by Gasteiger charge is 2.30. The molecule has 0 aromatic heterocycles.